The lowest BCUT2D eigenvalue weighted by Gasteiger charge is -2.58. The van der Waals surface area contributed by atoms with Crippen LogP contribution in [0.25, 0.3) is 0 Å². The average Bonchev–Trinajstić information content (AvgIpc) is 3.12. The van der Waals surface area contributed by atoms with E-state index in [2.05, 4.69) is 39.9 Å². The van der Waals surface area contributed by atoms with Gasteiger partial charge in [0.1, 0.15) is 5.78 Å². The van der Waals surface area contributed by atoms with Gasteiger partial charge < -0.3 is 9.84 Å². The predicted molar refractivity (Wildman–Crippen MR) is 97.1 cm³/mol. The van der Waals surface area contributed by atoms with Gasteiger partial charge in [-0.2, -0.15) is 0 Å². The summed E-state index contributed by atoms with van der Waals surface area (Å²) < 4.78 is 5.84. The quantitative estimate of drug-likeness (QED) is 0.703. The molecule has 26 heavy (non-hydrogen) atoms. The van der Waals surface area contributed by atoms with Crippen molar-refractivity contribution in [3.8, 4) is 0 Å². The van der Waals surface area contributed by atoms with Gasteiger partial charge >= 0.3 is 6.09 Å². The first-order valence-corrected chi connectivity index (χ1v) is 10.2. The van der Waals surface area contributed by atoms with Crippen molar-refractivity contribution in [2.75, 3.05) is 0 Å². The van der Waals surface area contributed by atoms with Gasteiger partial charge in [-0.3, -0.25) is 10.1 Å². The second-order valence-electron chi connectivity index (χ2n) is 9.77. The van der Waals surface area contributed by atoms with Crippen LogP contribution in [0, 0.1) is 40.4 Å². The minimum atomic E-state index is -0.629. The summed E-state index contributed by atoms with van der Waals surface area (Å²) in [5.74, 6) is 1.54. The van der Waals surface area contributed by atoms with Gasteiger partial charge in [0.05, 0.1) is 5.92 Å². The summed E-state index contributed by atoms with van der Waals surface area (Å²) >= 11 is 0. The molecule has 4 rings (SSSR count). The molecule has 0 aromatic carbocycles. The zero-order chi connectivity index (χ0) is 19.0. The first-order chi connectivity index (χ1) is 12.1. The summed E-state index contributed by atoms with van der Waals surface area (Å²) in [5.41, 5.74) is -0.581. The minimum absolute atomic E-state index is 0.00151. The van der Waals surface area contributed by atoms with Crippen LogP contribution in [0.4, 0.5) is 4.79 Å². The Morgan fingerprint density at radius 2 is 1.96 bits per heavy atom. The Bertz CT molecular complexity index is 634. The predicted octanol–water partition coefficient (Wildman–Crippen LogP) is 3.11. The summed E-state index contributed by atoms with van der Waals surface area (Å²) in [4.78, 5) is 25.4. The number of hydrogen-bond acceptors (Lipinski definition) is 4. The molecular formula is C21H32NO4+. The third kappa shape index (κ3) is 2.04. The van der Waals surface area contributed by atoms with E-state index in [4.69, 9.17) is 4.74 Å². The van der Waals surface area contributed by atoms with Crippen molar-refractivity contribution in [2.24, 2.45) is 34.5 Å². The van der Waals surface area contributed by atoms with Crippen LogP contribution in [-0.2, 0) is 9.53 Å². The first kappa shape index (κ1) is 18.1. The largest absolute Gasteiger partial charge is 0.438 e. The SMILES string of the molecule is CC(C)[C+]1[C@@H](O)[C@H](C)[C@]23CCC(=O)[C@H]2[C@@](C)([C@H](C)CC3)[C@@H]2OC(=O)N[C@@H]12. The van der Waals surface area contributed by atoms with E-state index in [-0.39, 0.29) is 29.2 Å². The molecule has 2 N–H and O–H groups in total. The number of Topliss-reactive ketones (excluding diaryl/α,β-unsaturated/α-hetero) is 1. The highest BCUT2D eigenvalue weighted by molar-refractivity contribution is 5.86. The van der Waals surface area contributed by atoms with Crippen molar-refractivity contribution >= 4 is 11.9 Å². The standard InChI is InChI=1S/C21H31NO4/c1-10(2)14-15-18(26-19(25)22-15)20(5)11(3)6-8-21(12(4)16(14)24)9-7-13(23)17(20)21/h10-12,15-18,24H,6-9H2,1-5H3/p+1/t11-,12+,15+,16+,17+,18-,20-,21+/m1/s1. The van der Waals surface area contributed by atoms with Crippen LogP contribution in [0.1, 0.15) is 60.3 Å². The van der Waals surface area contributed by atoms with E-state index in [0.29, 0.717) is 18.1 Å². The van der Waals surface area contributed by atoms with Crippen LogP contribution in [0.5, 0.6) is 0 Å². The van der Waals surface area contributed by atoms with E-state index in [0.717, 1.165) is 25.2 Å². The molecule has 0 aromatic heterocycles. The molecule has 5 nitrogen and oxygen atoms in total. The van der Waals surface area contributed by atoms with Gasteiger partial charge in [0.25, 0.3) is 0 Å². The van der Waals surface area contributed by atoms with Crippen LogP contribution in [0.3, 0.4) is 0 Å². The lowest BCUT2D eigenvalue weighted by atomic mass is 9.44. The summed E-state index contributed by atoms with van der Waals surface area (Å²) in [7, 11) is 0. The fourth-order valence-corrected chi connectivity index (χ4v) is 7.10. The van der Waals surface area contributed by atoms with E-state index in [1.54, 1.807) is 0 Å². The van der Waals surface area contributed by atoms with Crippen LogP contribution >= 0.6 is 0 Å². The van der Waals surface area contributed by atoms with Gasteiger partial charge in [0, 0.05) is 23.7 Å². The van der Waals surface area contributed by atoms with Gasteiger partial charge in [-0.1, -0.05) is 20.8 Å². The molecule has 1 saturated heterocycles. The minimum Gasteiger partial charge on any atom is -0.438 e. The van der Waals surface area contributed by atoms with E-state index in [9.17, 15) is 14.7 Å². The Kier molecular flexibility index (Phi) is 3.93. The highest BCUT2D eigenvalue weighted by Gasteiger charge is 2.73. The summed E-state index contributed by atoms with van der Waals surface area (Å²) in [5, 5.41) is 14.4. The number of alkyl carbamates (subject to hydrolysis) is 1. The number of aliphatic hydroxyl groups excluding tert-OH is 1. The summed E-state index contributed by atoms with van der Waals surface area (Å²) in [6, 6.07) is -0.322. The third-order valence-corrected chi connectivity index (χ3v) is 8.63. The third-order valence-electron chi connectivity index (χ3n) is 8.63. The maximum atomic E-state index is 13.1. The van der Waals surface area contributed by atoms with Gasteiger partial charge in [-0.25, -0.2) is 4.79 Å². The number of carbonyl (C=O) groups is 2. The van der Waals surface area contributed by atoms with Crippen molar-refractivity contribution in [1.29, 1.82) is 0 Å². The number of fused-ring (bicyclic) bond motifs is 2. The molecule has 4 fully saturated rings. The Labute approximate surface area is 156 Å². The molecule has 144 valence electrons. The van der Waals surface area contributed by atoms with E-state index in [1.807, 2.05) is 0 Å². The molecule has 1 heterocycles. The number of nitrogens with one attached hydrogen (secondary N) is 1. The van der Waals surface area contributed by atoms with E-state index < -0.39 is 23.7 Å². The van der Waals surface area contributed by atoms with Crippen LogP contribution in [0.2, 0.25) is 0 Å². The Morgan fingerprint density at radius 1 is 1.27 bits per heavy atom. The van der Waals surface area contributed by atoms with Crippen molar-refractivity contribution in [3.63, 3.8) is 0 Å². The van der Waals surface area contributed by atoms with Crippen LogP contribution < -0.4 is 5.32 Å². The van der Waals surface area contributed by atoms with Crippen LogP contribution in [0.15, 0.2) is 0 Å². The zero-order valence-corrected chi connectivity index (χ0v) is 16.5. The van der Waals surface area contributed by atoms with Crippen molar-refractivity contribution < 1.29 is 19.4 Å². The zero-order valence-electron chi connectivity index (χ0n) is 16.5. The molecule has 1 aliphatic heterocycles. The van der Waals surface area contributed by atoms with Gasteiger partial charge in [-0.15, -0.1) is 0 Å². The fourth-order valence-electron chi connectivity index (χ4n) is 7.10. The lowest BCUT2D eigenvalue weighted by molar-refractivity contribution is -0.169. The average molecular weight is 362 g/mol. The smallest absolute Gasteiger partial charge is 0.411 e. The molecule has 3 aliphatic carbocycles. The fraction of sp³-hybridized carbons (Fsp3) is 0.857. The van der Waals surface area contributed by atoms with Crippen molar-refractivity contribution in [2.45, 2.75) is 78.6 Å². The maximum absolute atomic E-state index is 13.1. The van der Waals surface area contributed by atoms with Crippen LogP contribution in [-0.4, -0.2) is 35.2 Å². The van der Waals surface area contributed by atoms with Crippen molar-refractivity contribution in [3.05, 3.63) is 5.92 Å². The van der Waals surface area contributed by atoms with Crippen molar-refractivity contribution in [1.82, 2.24) is 5.32 Å². The molecule has 0 spiro atoms. The second kappa shape index (κ2) is 5.63. The number of carbonyl (C=O) groups excluding carboxylic acids is 2. The number of ether oxygens (including phenoxy) is 1. The molecular weight excluding hydrogens is 330 g/mol. The monoisotopic (exact) mass is 362 g/mol. The highest BCUT2D eigenvalue weighted by atomic mass is 16.6. The topological polar surface area (TPSA) is 75.6 Å². The number of ketones is 1. The van der Waals surface area contributed by atoms with E-state index in [1.165, 1.54) is 0 Å². The lowest BCUT2D eigenvalue weighted by Crippen LogP contribution is -2.65. The first-order valence-electron chi connectivity index (χ1n) is 10.2. The molecule has 2 bridgehead atoms. The summed E-state index contributed by atoms with van der Waals surface area (Å²) in [6.45, 7) is 10.6. The second-order valence-corrected chi connectivity index (χ2v) is 9.77. The molecule has 8 atom stereocenters. The van der Waals surface area contributed by atoms with E-state index >= 15 is 0 Å². The molecule has 4 aliphatic rings. The normalized spacial score (nSPS) is 50.7. The maximum Gasteiger partial charge on any atom is 0.411 e. The Hall–Kier alpha value is -1.23. The molecule has 0 aromatic rings. The molecule has 0 radical (unpaired) electrons. The number of aliphatic hydroxyl groups is 1. The molecule has 3 saturated carbocycles. The van der Waals surface area contributed by atoms with Gasteiger partial charge in [0.2, 0.25) is 12.1 Å². The number of hydrogen-bond donors (Lipinski definition) is 2. The Balaban J connectivity index is 1.94. The molecule has 5 heteroatoms. The molecule has 0 unspecified atom stereocenters. The highest BCUT2D eigenvalue weighted by Crippen LogP contribution is 2.67. The van der Waals surface area contributed by atoms with Gasteiger partial charge in [0.15, 0.2) is 12.0 Å². The Morgan fingerprint density at radius 3 is 2.62 bits per heavy atom. The number of rotatable bonds is 1. The van der Waals surface area contributed by atoms with Gasteiger partial charge in [-0.05, 0) is 44.4 Å². The molecule has 1 amide bonds. The summed E-state index contributed by atoms with van der Waals surface area (Å²) in [6.07, 6.45) is 1.97. The number of amides is 1.